The molecule has 3 aromatic heterocycles. The molecule has 8 heteroatoms. The van der Waals surface area contributed by atoms with Crippen LogP contribution in [-0.4, -0.2) is 43.4 Å². The molecule has 1 aliphatic heterocycles. The van der Waals surface area contributed by atoms with Gasteiger partial charge in [-0.1, -0.05) is 13.0 Å². The molecule has 0 bridgehead atoms. The van der Waals surface area contributed by atoms with Crippen LogP contribution in [0.5, 0.6) is 0 Å². The number of aryl methyl sites for hydroxylation is 3. The molecule has 8 nitrogen and oxygen atoms in total. The number of nitrogens with one attached hydrogen (secondary N) is 1. The van der Waals surface area contributed by atoms with Crippen molar-refractivity contribution in [2.45, 2.75) is 53.1 Å². The lowest BCUT2D eigenvalue weighted by molar-refractivity contribution is -0.125. The van der Waals surface area contributed by atoms with Crippen molar-refractivity contribution in [3.63, 3.8) is 0 Å². The Morgan fingerprint density at radius 2 is 2.14 bits per heavy atom. The van der Waals surface area contributed by atoms with Crippen LogP contribution < -0.4 is 10.2 Å². The van der Waals surface area contributed by atoms with Gasteiger partial charge in [-0.05, 0) is 45.2 Å². The number of amides is 1. The average molecular weight is 396 g/mol. The highest BCUT2D eigenvalue weighted by molar-refractivity contribution is 5.79. The Kier molecular flexibility index (Phi) is 5.51. The van der Waals surface area contributed by atoms with E-state index in [1.54, 1.807) is 0 Å². The molecule has 1 amide bonds. The number of aromatic nitrogens is 5. The van der Waals surface area contributed by atoms with Crippen molar-refractivity contribution in [3.8, 4) is 0 Å². The summed E-state index contributed by atoms with van der Waals surface area (Å²) in [5.74, 6) is 0.876. The van der Waals surface area contributed by atoms with E-state index in [4.69, 9.17) is 0 Å². The Morgan fingerprint density at radius 3 is 2.97 bits per heavy atom. The van der Waals surface area contributed by atoms with Crippen LogP contribution in [0.25, 0.3) is 5.65 Å². The Morgan fingerprint density at radius 1 is 1.28 bits per heavy atom. The van der Waals surface area contributed by atoms with Crippen LogP contribution in [0.15, 0.2) is 24.4 Å². The number of piperidine rings is 1. The lowest BCUT2D eigenvalue weighted by Crippen LogP contribution is -2.43. The molecule has 1 unspecified atom stereocenters. The quantitative estimate of drug-likeness (QED) is 0.694. The summed E-state index contributed by atoms with van der Waals surface area (Å²) in [4.78, 5) is 15.0. The van der Waals surface area contributed by atoms with Crippen molar-refractivity contribution in [1.82, 2.24) is 29.7 Å². The van der Waals surface area contributed by atoms with E-state index in [2.05, 4.69) is 49.8 Å². The van der Waals surface area contributed by atoms with Gasteiger partial charge < -0.3 is 10.2 Å². The zero-order valence-corrected chi connectivity index (χ0v) is 17.4. The van der Waals surface area contributed by atoms with E-state index in [9.17, 15) is 4.79 Å². The molecule has 1 saturated heterocycles. The van der Waals surface area contributed by atoms with Gasteiger partial charge in [-0.2, -0.15) is 5.10 Å². The molecular formula is C21H29N7O. The minimum absolute atomic E-state index is 0.0499. The number of pyridine rings is 1. The van der Waals surface area contributed by atoms with Crippen LogP contribution >= 0.6 is 0 Å². The predicted molar refractivity (Wildman–Crippen MR) is 112 cm³/mol. The van der Waals surface area contributed by atoms with E-state index in [1.165, 1.54) is 0 Å². The minimum Gasteiger partial charge on any atom is -0.352 e. The number of rotatable bonds is 6. The average Bonchev–Trinajstić information content (AvgIpc) is 3.31. The normalized spacial score (nSPS) is 17.1. The first kappa shape index (κ1) is 19.4. The number of nitrogens with zero attached hydrogens (tertiary/aromatic N) is 6. The third-order valence-electron chi connectivity index (χ3n) is 5.64. The van der Waals surface area contributed by atoms with Crippen LogP contribution in [-0.2, 0) is 17.9 Å². The standard InChI is InChI=1S/C21H29N7O/c1-4-10-27-14-18(16(3)25-27)12-22-20(29)17-8-6-11-26(13-17)21-24-23-19-9-5-7-15(2)28(19)21/h5,7,9,14,17H,4,6,8,10-13H2,1-3H3,(H,22,29). The molecule has 4 rings (SSSR count). The monoisotopic (exact) mass is 395 g/mol. The predicted octanol–water partition coefficient (Wildman–Crippen LogP) is 2.49. The lowest BCUT2D eigenvalue weighted by atomic mass is 9.97. The van der Waals surface area contributed by atoms with Gasteiger partial charge in [-0.15, -0.1) is 10.2 Å². The molecule has 0 radical (unpaired) electrons. The van der Waals surface area contributed by atoms with E-state index in [-0.39, 0.29) is 11.8 Å². The van der Waals surface area contributed by atoms with Crippen molar-refractivity contribution in [2.24, 2.45) is 5.92 Å². The van der Waals surface area contributed by atoms with Gasteiger partial charge in [0, 0.05) is 43.6 Å². The number of hydrogen-bond donors (Lipinski definition) is 1. The van der Waals surface area contributed by atoms with Crippen LogP contribution in [0.1, 0.15) is 43.1 Å². The second kappa shape index (κ2) is 8.23. The van der Waals surface area contributed by atoms with Gasteiger partial charge in [0.05, 0.1) is 11.6 Å². The second-order valence-corrected chi connectivity index (χ2v) is 7.87. The van der Waals surface area contributed by atoms with Crippen molar-refractivity contribution in [1.29, 1.82) is 0 Å². The zero-order valence-electron chi connectivity index (χ0n) is 17.4. The summed E-state index contributed by atoms with van der Waals surface area (Å²) in [5.41, 5.74) is 3.99. The molecule has 1 aliphatic rings. The van der Waals surface area contributed by atoms with E-state index >= 15 is 0 Å². The maximum Gasteiger partial charge on any atom is 0.231 e. The molecule has 1 atom stereocenters. The van der Waals surface area contributed by atoms with Crippen LogP contribution in [0.2, 0.25) is 0 Å². The molecule has 0 aliphatic carbocycles. The maximum absolute atomic E-state index is 12.9. The highest BCUT2D eigenvalue weighted by Crippen LogP contribution is 2.23. The van der Waals surface area contributed by atoms with Crippen molar-refractivity contribution < 1.29 is 4.79 Å². The van der Waals surface area contributed by atoms with Gasteiger partial charge in [0.15, 0.2) is 5.65 Å². The zero-order chi connectivity index (χ0) is 20.4. The molecule has 0 saturated carbocycles. The van der Waals surface area contributed by atoms with Crippen LogP contribution in [0.4, 0.5) is 5.95 Å². The molecule has 4 heterocycles. The number of hydrogen-bond acceptors (Lipinski definition) is 5. The largest absolute Gasteiger partial charge is 0.352 e. The molecular weight excluding hydrogens is 366 g/mol. The third kappa shape index (κ3) is 3.97. The highest BCUT2D eigenvalue weighted by atomic mass is 16.1. The molecule has 29 heavy (non-hydrogen) atoms. The van der Waals surface area contributed by atoms with Gasteiger partial charge in [0.25, 0.3) is 0 Å². The van der Waals surface area contributed by atoms with Gasteiger partial charge in [0.2, 0.25) is 11.9 Å². The van der Waals surface area contributed by atoms with E-state index in [1.807, 2.05) is 29.9 Å². The number of carbonyl (C=O) groups is 1. The van der Waals surface area contributed by atoms with Crippen molar-refractivity contribution in [3.05, 3.63) is 41.3 Å². The Labute approximate surface area is 170 Å². The van der Waals surface area contributed by atoms with E-state index < -0.39 is 0 Å². The van der Waals surface area contributed by atoms with Gasteiger partial charge in [-0.3, -0.25) is 13.9 Å². The Balaban J connectivity index is 1.42. The first-order valence-electron chi connectivity index (χ1n) is 10.4. The summed E-state index contributed by atoms with van der Waals surface area (Å²) in [6.45, 7) is 9.16. The number of anilines is 1. The van der Waals surface area contributed by atoms with Crippen LogP contribution in [0.3, 0.4) is 0 Å². The second-order valence-electron chi connectivity index (χ2n) is 7.87. The maximum atomic E-state index is 12.9. The van der Waals surface area contributed by atoms with Gasteiger partial charge in [0.1, 0.15) is 0 Å². The fraction of sp³-hybridized carbons (Fsp3) is 0.524. The Bertz CT molecular complexity index is 1010. The van der Waals surface area contributed by atoms with Crippen molar-refractivity contribution in [2.75, 3.05) is 18.0 Å². The smallest absolute Gasteiger partial charge is 0.231 e. The molecule has 0 aromatic carbocycles. The lowest BCUT2D eigenvalue weighted by Gasteiger charge is -2.32. The Hall–Kier alpha value is -2.90. The molecule has 1 N–H and O–H groups in total. The summed E-state index contributed by atoms with van der Waals surface area (Å²) in [5, 5.41) is 16.3. The summed E-state index contributed by atoms with van der Waals surface area (Å²) in [7, 11) is 0. The minimum atomic E-state index is -0.0499. The fourth-order valence-electron chi connectivity index (χ4n) is 4.06. The first-order chi connectivity index (χ1) is 14.1. The highest BCUT2D eigenvalue weighted by Gasteiger charge is 2.28. The summed E-state index contributed by atoms with van der Waals surface area (Å²) in [6.07, 6.45) is 4.94. The number of fused-ring (bicyclic) bond motifs is 1. The SMILES string of the molecule is CCCn1cc(CNC(=O)C2CCCN(c3nnc4cccc(C)n34)C2)c(C)n1. The number of carbonyl (C=O) groups excluding carboxylic acids is 1. The van der Waals surface area contributed by atoms with E-state index in [0.29, 0.717) is 13.1 Å². The van der Waals surface area contributed by atoms with Crippen LogP contribution in [0, 0.1) is 19.8 Å². The summed E-state index contributed by atoms with van der Waals surface area (Å²) >= 11 is 0. The topological polar surface area (TPSA) is 80.4 Å². The van der Waals surface area contributed by atoms with Gasteiger partial charge in [-0.25, -0.2) is 0 Å². The summed E-state index contributed by atoms with van der Waals surface area (Å²) in [6, 6.07) is 5.99. The van der Waals surface area contributed by atoms with E-state index in [0.717, 1.165) is 60.9 Å². The fourth-order valence-corrected chi connectivity index (χ4v) is 4.06. The first-order valence-corrected chi connectivity index (χ1v) is 10.4. The molecule has 154 valence electrons. The van der Waals surface area contributed by atoms with Gasteiger partial charge >= 0.3 is 0 Å². The molecule has 3 aromatic rings. The third-order valence-corrected chi connectivity index (χ3v) is 5.64. The van der Waals surface area contributed by atoms with Crippen molar-refractivity contribution >= 4 is 17.5 Å². The molecule has 1 fully saturated rings. The summed E-state index contributed by atoms with van der Waals surface area (Å²) < 4.78 is 4.02. The molecule has 0 spiro atoms.